The van der Waals surface area contributed by atoms with Crippen molar-refractivity contribution in [2.24, 2.45) is 5.92 Å². The number of ether oxygens (including phenoxy) is 2. The normalized spacial score (nSPS) is 22.6. The van der Waals surface area contributed by atoms with Crippen LogP contribution in [-0.4, -0.2) is 19.8 Å². The summed E-state index contributed by atoms with van der Waals surface area (Å²) in [7, 11) is 1.68. The molecule has 0 amide bonds. The van der Waals surface area contributed by atoms with Gasteiger partial charge in [0.05, 0.1) is 13.7 Å². The molecule has 2 rings (SSSR count). The van der Waals surface area contributed by atoms with E-state index in [9.17, 15) is 0 Å². The maximum absolute atomic E-state index is 5.65. The van der Waals surface area contributed by atoms with Crippen molar-refractivity contribution in [1.82, 2.24) is 5.32 Å². The average Bonchev–Trinajstić information content (AvgIpc) is 2.70. The molecule has 1 aliphatic rings. The van der Waals surface area contributed by atoms with Gasteiger partial charge in [0.15, 0.2) is 11.5 Å². The van der Waals surface area contributed by atoms with Crippen LogP contribution in [0.25, 0.3) is 0 Å². The summed E-state index contributed by atoms with van der Waals surface area (Å²) >= 11 is 0. The summed E-state index contributed by atoms with van der Waals surface area (Å²) in [5.41, 5.74) is 1.26. The molecule has 0 spiro atoms. The van der Waals surface area contributed by atoms with Crippen LogP contribution in [-0.2, 0) is 6.54 Å². The number of hydrogen-bond donors (Lipinski definition) is 1. The lowest BCUT2D eigenvalue weighted by Gasteiger charge is -2.23. The van der Waals surface area contributed by atoms with Gasteiger partial charge in [0.25, 0.3) is 0 Å². The molecule has 0 radical (unpaired) electrons. The van der Waals surface area contributed by atoms with Crippen LogP contribution in [0.15, 0.2) is 18.2 Å². The summed E-state index contributed by atoms with van der Waals surface area (Å²) in [6.07, 6.45) is 6.78. The maximum Gasteiger partial charge on any atom is 0.161 e. The van der Waals surface area contributed by atoms with E-state index in [2.05, 4.69) is 24.4 Å². The fourth-order valence-corrected chi connectivity index (χ4v) is 3.14. The molecule has 1 fully saturated rings. The molecule has 118 valence electrons. The highest BCUT2D eigenvalue weighted by atomic mass is 16.5. The van der Waals surface area contributed by atoms with E-state index in [4.69, 9.17) is 9.47 Å². The fourth-order valence-electron chi connectivity index (χ4n) is 3.14. The van der Waals surface area contributed by atoms with Crippen molar-refractivity contribution in [2.75, 3.05) is 13.7 Å². The van der Waals surface area contributed by atoms with Gasteiger partial charge in [-0.1, -0.05) is 32.3 Å². The van der Waals surface area contributed by atoms with Crippen LogP contribution in [0, 0.1) is 5.92 Å². The lowest BCUT2D eigenvalue weighted by atomic mass is 9.97. The Kier molecular flexibility index (Phi) is 6.37. The molecule has 2 atom stereocenters. The summed E-state index contributed by atoms with van der Waals surface area (Å²) < 4.78 is 11.0. The topological polar surface area (TPSA) is 30.5 Å². The lowest BCUT2D eigenvalue weighted by molar-refractivity contribution is 0.310. The van der Waals surface area contributed by atoms with Gasteiger partial charge in [-0.2, -0.15) is 0 Å². The first-order valence-corrected chi connectivity index (χ1v) is 8.27. The number of methoxy groups -OCH3 is 1. The van der Waals surface area contributed by atoms with E-state index in [1.165, 1.54) is 37.7 Å². The Morgan fingerprint density at radius 1 is 1.14 bits per heavy atom. The lowest BCUT2D eigenvalue weighted by Crippen LogP contribution is -2.33. The largest absolute Gasteiger partial charge is 0.493 e. The van der Waals surface area contributed by atoms with Gasteiger partial charge in [0.2, 0.25) is 0 Å². The third-order valence-electron chi connectivity index (χ3n) is 4.46. The van der Waals surface area contributed by atoms with Gasteiger partial charge < -0.3 is 14.8 Å². The molecule has 1 saturated carbocycles. The van der Waals surface area contributed by atoms with Crippen molar-refractivity contribution in [3.05, 3.63) is 23.8 Å². The van der Waals surface area contributed by atoms with Crippen LogP contribution < -0.4 is 14.8 Å². The Balaban J connectivity index is 1.97. The first kappa shape index (κ1) is 16.2. The van der Waals surface area contributed by atoms with Gasteiger partial charge in [-0.05, 0) is 43.4 Å². The Bertz CT molecular complexity index is 433. The summed E-state index contributed by atoms with van der Waals surface area (Å²) in [5, 5.41) is 3.74. The Morgan fingerprint density at radius 2 is 1.95 bits per heavy atom. The van der Waals surface area contributed by atoms with Crippen molar-refractivity contribution >= 4 is 0 Å². The molecule has 3 heteroatoms. The fraction of sp³-hybridized carbons (Fsp3) is 0.667. The van der Waals surface area contributed by atoms with Crippen molar-refractivity contribution in [1.29, 1.82) is 0 Å². The molecule has 2 unspecified atom stereocenters. The minimum atomic E-state index is 0.644. The molecule has 3 nitrogen and oxygen atoms in total. The number of nitrogens with one attached hydrogen (secondary N) is 1. The zero-order valence-electron chi connectivity index (χ0n) is 13.7. The second-order valence-corrected chi connectivity index (χ2v) is 6.02. The van der Waals surface area contributed by atoms with Crippen LogP contribution in [0.3, 0.4) is 0 Å². The Morgan fingerprint density at radius 3 is 2.71 bits per heavy atom. The quantitative estimate of drug-likeness (QED) is 0.799. The summed E-state index contributed by atoms with van der Waals surface area (Å²) in [4.78, 5) is 0. The van der Waals surface area contributed by atoms with Crippen LogP contribution in [0.1, 0.15) is 51.5 Å². The van der Waals surface area contributed by atoms with E-state index >= 15 is 0 Å². The van der Waals surface area contributed by atoms with Gasteiger partial charge >= 0.3 is 0 Å². The molecule has 1 aliphatic carbocycles. The monoisotopic (exact) mass is 291 g/mol. The van der Waals surface area contributed by atoms with Gasteiger partial charge in [-0.15, -0.1) is 0 Å². The molecule has 0 bridgehead atoms. The molecule has 1 aromatic carbocycles. The van der Waals surface area contributed by atoms with Crippen LogP contribution >= 0.6 is 0 Å². The standard InChI is InChI=1S/C18H29NO2/c1-4-21-18-12-15(10-11-17(18)20-3)13-19-16-9-7-5-6-8-14(16)2/h10-12,14,16,19H,4-9,13H2,1-3H3. The number of hydrogen-bond acceptors (Lipinski definition) is 3. The molecule has 21 heavy (non-hydrogen) atoms. The summed E-state index contributed by atoms with van der Waals surface area (Å²) in [6.45, 7) is 5.94. The van der Waals surface area contributed by atoms with Crippen molar-refractivity contribution in [2.45, 2.75) is 58.5 Å². The molecular formula is C18H29NO2. The predicted octanol–water partition coefficient (Wildman–Crippen LogP) is 4.15. The summed E-state index contributed by atoms with van der Waals surface area (Å²) in [6, 6.07) is 6.86. The SMILES string of the molecule is CCOc1cc(CNC2CCCCCC2C)ccc1OC. The van der Waals surface area contributed by atoms with Gasteiger partial charge in [-0.25, -0.2) is 0 Å². The van der Waals surface area contributed by atoms with Crippen molar-refractivity contribution < 1.29 is 9.47 Å². The third kappa shape index (κ3) is 4.63. The van der Waals surface area contributed by atoms with E-state index in [1.807, 2.05) is 13.0 Å². The molecule has 0 aliphatic heterocycles. The van der Waals surface area contributed by atoms with Crippen LogP contribution in [0.4, 0.5) is 0 Å². The first-order valence-electron chi connectivity index (χ1n) is 8.27. The minimum Gasteiger partial charge on any atom is -0.493 e. The maximum atomic E-state index is 5.65. The van der Waals surface area contributed by atoms with Crippen molar-refractivity contribution in [3.63, 3.8) is 0 Å². The van der Waals surface area contributed by atoms with E-state index < -0.39 is 0 Å². The smallest absolute Gasteiger partial charge is 0.161 e. The Labute approximate surface area is 129 Å². The van der Waals surface area contributed by atoms with Gasteiger partial charge in [0, 0.05) is 12.6 Å². The van der Waals surface area contributed by atoms with Crippen molar-refractivity contribution in [3.8, 4) is 11.5 Å². The first-order chi connectivity index (χ1) is 10.2. The second-order valence-electron chi connectivity index (χ2n) is 6.02. The second kappa shape index (κ2) is 8.28. The minimum absolute atomic E-state index is 0.644. The Hall–Kier alpha value is -1.22. The highest BCUT2D eigenvalue weighted by molar-refractivity contribution is 5.42. The van der Waals surface area contributed by atoms with Gasteiger partial charge in [-0.3, -0.25) is 0 Å². The average molecular weight is 291 g/mol. The molecule has 1 aromatic rings. The molecule has 0 heterocycles. The highest BCUT2D eigenvalue weighted by Gasteiger charge is 2.19. The predicted molar refractivity (Wildman–Crippen MR) is 87.0 cm³/mol. The third-order valence-corrected chi connectivity index (χ3v) is 4.46. The van der Waals surface area contributed by atoms with E-state index in [0.29, 0.717) is 12.6 Å². The molecule has 0 saturated heterocycles. The summed E-state index contributed by atoms with van der Waals surface area (Å²) in [5.74, 6) is 2.42. The van der Waals surface area contributed by atoms with E-state index in [0.717, 1.165) is 24.0 Å². The van der Waals surface area contributed by atoms with E-state index in [1.54, 1.807) is 7.11 Å². The van der Waals surface area contributed by atoms with Gasteiger partial charge in [0.1, 0.15) is 0 Å². The molecule has 0 aromatic heterocycles. The van der Waals surface area contributed by atoms with E-state index in [-0.39, 0.29) is 0 Å². The zero-order valence-corrected chi connectivity index (χ0v) is 13.7. The number of benzene rings is 1. The molecular weight excluding hydrogens is 262 g/mol. The zero-order chi connectivity index (χ0) is 15.1. The molecule has 1 N–H and O–H groups in total. The number of rotatable bonds is 6. The highest BCUT2D eigenvalue weighted by Crippen LogP contribution is 2.28. The van der Waals surface area contributed by atoms with Crippen LogP contribution in [0.2, 0.25) is 0 Å². The van der Waals surface area contributed by atoms with Crippen LogP contribution in [0.5, 0.6) is 11.5 Å².